The molecule has 1 aliphatic carbocycles. The van der Waals surface area contributed by atoms with Crippen LogP contribution in [0.3, 0.4) is 0 Å². The number of rotatable bonds is 7. The molecule has 0 bridgehead atoms. The number of nitrogens with one attached hydrogen (secondary N) is 1. The molecular formula is C26H35FN4O2. The van der Waals surface area contributed by atoms with Crippen LogP contribution in [0.1, 0.15) is 64.4 Å². The lowest BCUT2D eigenvalue weighted by atomic mass is 9.77. The fourth-order valence-electron chi connectivity index (χ4n) is 4.87. The fraction of sp³-hybridized carbons (Fsp3) is 0.500. The van der Waals surface area contributed by atoms with E-state index in [-0.39, 0.29) is 22.8 Å². The number of likely N-dealkylation sites (N-methyl/N-ethyl adjacent to an activating group) is 1. The molecule has 1 aromatic carbocycles. The molecule has 0 unspecified atom stereocenters. The largest absolute Gasteiger partial charge is 0.507 e. The van der Waals surface area contributed by atoms with Crippen molar-refractivity contribution in [2.45, 2.75) is 64.8 Å². The van der Waals surface area contributed by atoms with E-state index < -0.39 is 5.82 Å². The zero-order valence-electron chi connectivity index (χ0n) is 20.1. The molecule has 7 heteroatoms. The monoisotopic (exact) mass is 454 g/mol. The first kappa shape index (κ1) is 24.7. The lowest BCUT2D eigenvalue weighted by molar-refractivity contribution is -0.115. The number of nitrogens with zero attached hydrogens (tertiary/aromatic N) is 3. The maximum absolute atomic E-state index is 14.5. The second-order valence-corrected chi connectivity index (χ2v) is 9.39. The third kappa shape index (κ3) is 6.09. The quantitative estimate of drug-likeness (QED) is 0.437. The van der Waals surface area contributed by atoms with Gasteiger partial charge in [-0.1, -0.05) is 33.1 Å². The van der Waals surface area contributed by atoms with Gasteiger partial charge in [0.15, 0.2) is 5.82 Å². The summed E-state index contributed by atoms with van der Waals surface area (Å²) in [7, 11) is 3.56. The first-order valence-corrected chi connectivity index (χ1v) is 11.8. The van der Waals surface area contributed by atoms with E-state index >= 15 is 0 Å². The average Bonchev–Trinajstić information content (AvgIpc) is 3.00. The highest BCUT2D eigenvalue weighted by molar-refractivity contribution is 5.91. The van der Waals surface area contributed by atoms with E-state index in [9.17, 15) is 14.3 Å². The van der Waals surface area contributed by atoms with Crippen molar-refractivity contribution in [1.82, 2.24) is 15.5 Å². The zero-order chi connectivity index (χ0) is 24.0. The summed E-state index contributed by atoms with van der Waals surface area (Å²) in [4.78, 5) is 13.6. The Morgan fingerprint density at radius 3 is 2.79 bits per heavy atom. The number of anilines is 1. The van der Waals surface area contributed by atoms with Gasteiger partial charge in [-0.25, -0.2) is 4.39 Å². The normalized spacial score (nSPS) is 21.1. The first-order chi connectivity index (χ1) is 15.8. The Kier molecular flexibility index (Phi) is 8.06. The summed E-state index contributed by atoms with van der Waals surface area (Å²) >= 11 is 0. The van der Waals surface area contributed by atoms with E-state index in [1.165, 1.54) is 63.4 Å². The Labute approximate surface area is 195 Å². The number of hydrogen-bond acceptors (Lipinski definition) is 5. The lowest BCUT2D eigenvalue weighted by Crippen LogP contribution is -2.36. The number of carbonyl (C=O) groups excluding carboxylic acids is 1. The minimum absolute atomic E-state index is 0.118. The summed E-state index contributed by atoms with van der Waals surface area (Å²) in [6, 6.07) is 6.54. The van der Waals surface area contributed by atoms with E-state index in [1.54, 1.807) is 6.07 Å². The van der Waals surface area contributed by atoms with Crippen molar-refractivity contribution in [2.75, 3.05) is 19.0 Å². The van der Waals surface area contributed by atoms with Gasteiger partial charge in [0.05, 0.1) is 5.69 Å². The van der Waals surface area contributed by atoms with Gasteiger partial charge in [-0.2, -0.15) is 0 Å². The predicted octanol–water partition coefficient (Wildman–Crippen LogP) is 5.32. The van der Waals surface area contributed by atoms with Crippen LogP contribution < -0.4 is 10.2 Å². The molecule has 1 aliphatic rings. The van der Waals surface area contributed by atoms with E-state index in [0.717, 1.165) is 18.7 Å². The van der Waals surface area contributed by atoms with Gasteiger partial charge in [0.1, 0.15) is 11.6 Å². The van der Waals surface area contributed by atoms with Crippen LogP contribution >= 0.6 is 0 Å². The van der Waals surface area contributed by atoms with E-state index in [1.807, 2.05) is 6.07 Å². The predicted molar refractivity (Wildman–Crippen MR) is 130 cm³/mol. The van der Waals surface area contributed by atoms with Crippen LogP contribution in [0.5, 0.6) is 5.75 Å². The summed E-state index contributed by atoms with van der Waals surface area (Å²) in [5, 5.41) is 21.5. The highest BCUT2D eigenvalue weighted by Crippen LogP contribution is 2.40. The molecule has 0 radical (unpaired) electrons. The Morgan fingerprint density at radius 1 is 1.33 bits per heavy atom. The second kappa shape index (κ2) is 10.8. The molecular weight excluding hydrogens is 419 g/mol. The molecule has 1 heterocycles. The second-order valence-electron chi connectivity index (χ2n) is 9.39. The summed E-state index contributed by atoms with van der Waals surface area (Å²) < 4.78 is 14.5. The van der Waals surface area contributed by atoms with Crippen LogP contribution in [0.4, 0.5) is 10.2 Å². The summed E-state index contributed by atoms with van der Waals surface area (Å²) in [5.74, 6) is -0.260. The van der Waals surface area contributed by atoms with Crippen molar-refractivity contribution in [3.63, 3.8) is 0 Å². The topological polar surface area (TPSA) is 78.4 Å². The van der Waals surface area contributed by atoms with Gasteiger partial charge in [-0.3, -0.25) is 4.79 Å². The van der Waals surface area contributed by atoms with Crippen molar-refractivity contribution in [3.05, 3.63) is 41.7 Å². The van der Waals surface area contributed by atoms with E-state index in [0.29, 0.717) is 17.2 Å². The van der Waals surface area contributed by atoms with Crippen LogP contribution in [0, 0.1) is 11.2 Å². The molecule has 0 spiro atoms. The summed E-state index contributed by atoms with van der Waals surface area (Å²) in [6.45, 7) is 4.66. The van der Waals surface area contributed by atoms with Gasteiger partial charge in [0.2, 0.25) is 5.91 Å². The van der Waals surface area contributed by atoms with Crippen molar-refractivity contribution in [3.8, 4) is 17.0 Å². The summed E-state index contributed by atoms with van der Waals surface area (Å²) in [6.07, 6.45) is 11.0. The lowest BCUT2D eigenvalue weighted by Gasteiger charge is -2.35. The zero-order valence-corrected chi connectivity index (χ0v) is 20.1. The van der Waals surface area contributed by atoms with Gasteiger partial charge in [0, 0.05) is 37.3 Å². The molecule has 1 fully saturated rings. The smallest absolute Gasteiger partial charge is 0.243 e. The maximum atomic E-state index is 14.5. The van der Waals surface area contributed by atoms with Crippen LogP contribution in [-0.2, 0) is 4.79 Å². The number of hydrogen-bond donors (Lipinski definition) is 2. The SMILES string of the molecule is CCC[C@]1(C)CCCC[C@H](N(C)c2ccc(-c3cc(F)c(/C=C/C(=O)NC)cc3O)nn2)C1. The molecule has 0 saturated heterocycles. The molecule has 2 N–H and O–H groups in total. The fourth-order valence-corrected chi connectivity index (χ4v) is 4.87. The Balaban J connectivity index is 1.79. The van der Waals surface area contributed by atoms with E-state index in [2.05, 4.69) is 41.3 Å². The number of phenols is 1. The van der Waals surface area contributed by atoms with Gasteiger partial charge in [-0.15, -0.1) is 10.2 Å². The van der Waals surface area contributed by atoms with Crippen LogP contribution in [0.2, 0.25) is 0 Å². The molecule has 178 valence electrons. The van der Waals surface area contributed by atoms with Gasteiger partial charge in [0.25, 0.3) is 0 Å². The molecule has 1 aromatic heterocycles. The van der Waals surface area contributed by atoms with Crippen molar-refractivity contribution < 1.29 is 14.3 Å². The number of carbonyl (C=O) groups is 1. The highest BCUT2D eigenvalue weighted by Gasteiger charge is 2.32. The molecule has 6 nitrogen and oxygen atoms in total. The number of phenolic OH excluding ortho intramolecular Hbond substituents is 1. The van der Waals surface area contributed by atoms with Crippen molar-refractivity contribution in [1.29, 1.82) is 0 Å². The number of amides is 1. The van der Waals surface area contributed by atoms with Gasteiger partial charge in [-0.05, 0) is 61.4 Å². The van der Waals surface area contributed by atoms with E-state index in [4.69, 9.17) is 0 Å². The number of aromatic hydroxyl groups is 1. The van der Waals surface area contributed by atoms with Crippen LogP contribution in [-0.4, -0.2) is 41.3 Å². The highest BCUT2D eigenvalue weighted by atomic mass is 19.1. The van der Waals surface area contributed by atoms with Gasteiger partial charge < -0.3 is 15.3 Å². The number of halogens is 1. The van der Waals surface area contributed by atoms with Crippen molar-refractivity contribution in [2.24, 2.45) is 5.41 Å². The molecule has 1 saturated carbocycles. The minimum Gasteiger partial charge on any atom is -0.507 e. The number of benzene rings is 1. The molecule has 0 aliphatic heterocycles. The number of aromatic nitrogens is 2. The minimum atomic E-state index is -0.556. The van der Waals surface area contributed by atoms with Crippen LogP contribution in [0.25, 0.3) is 17.3 Å². The van der Waals surface area contributed by atoms with Gasteiger partial charge >= 0.3 is 0 Å². The third-order valence-electron chi connectivity index (χ3n) is 6.76. The Bertz CT molecular complexity index is 993. The molecule has 2 aromatic rings. The standard InChI is InChI=1S/C26H35FN4O2/c1-5-13-26(2)14-7-6-8-19(17-26)31(4)24-11-10-22(29-30-24)20-16-21(27)18(15-23(20)32)9-12-25(33)28-3/h9-12,15-16,19,32H,5-8,13-14,17H2,1-4H3,(H,28,33)/b12-9+/t19-,26+/m0/s1. The maximum Gasteiger partial charge on any atom is 0.243 e. The summed E-state index contributed by atoms with van der Waals surface area (Å²) in [5.41, 5.74) is 1.13. The average molecular weight is 455 g/mol. The van der Waals surface area contributed by atoms with Crippen molar-refractivity contribution >= 4 is 17.8 Å². The molecule has 3 rings (SSSR count). The first-order valence-electron chi connectivity index (χ1n) is 11.8. The Hall–Kier alpha value is -2.96. The molecule has 33 heavy (non-hydrogen) atoms. The third-order valence-corrected chi connectivity index (χ3v) is 6.76. The molecule has 1 amide bonds. The van der Waals surface area contributed by atoms with Crippen LogP contribution in [0.15, 0.2) is 30.3 Å². The molecule has 2 atom stereocenters. The Morgan fingerprint density at radius 2 is 2.12 bits per heavy atom.